The van der Waals surface area contributed by atoms with Gasteiger partial charge in [-0.2, -0.15) is 0 Å². The number of methoxy groups -OCH3 is 1. The van der Waals surface area contributed by atoms with Crippen LogP contribution in [0.2, 0.25) is 0 Å². The minimum atomic E-state index is -4.35. The zero-order valence-electron chi connectivity index (χ0n) is 25.1. The molecule has 1 saturated carbocycles. The standard InChI is InChI=1S/C29H29F3N6O2Se.C2H5NO/c1-19-8-9-24(39-2)22(13-19)34-11-4-5-21-26(41-29(30,31)32)23-6-3-7-25(38(23)36-21)35-28-10-12-37(15-20(28)14-28)27(16-33)17-40-18-27;1-3-2-4/h3,6-9,13,20,34-35H,10-12,14-15,17-18H2,1-2H3;2H,1H3,(H,3,4). The Morgan fingerprint density at radius 2 is 2.07 bits per heavy atom. The number of rotatable bonds is 8. The monoisotopic (exact) mass is 689 g/mol. The Bertz CT molecular complexity index is 1660. The number of alkyl halides is 3. The Kier molecular flexibility index (Phi) is 9.52. The zero-order valence-corrected chi connectivity index (χ0v) is 26.8. The van der Waals surface area contributed by atoms with Crippen LogP contribution >= 0.6 is 0 Å². The number of ether oxygens (including phenoxy) is 2. The molecule has 0 radical (unpaired) electrons. The molecule has 0 spiro atoms. The van der Waals surface area contributed by atoms with Crippen molar-refractivity contribution in [2.75, 3.05) is 57.6 Å². The quantitative estimate of drug-likeness (QED) is 0.188. The number of amides is 1. The number of carbonyl (C=O) groups excluding carboxylic acids is 1. The second-order valence-corrected chi connectivity index (χ2v) is 13.5. The van der Waals surface area contributed by atoms with Crippen molar-refractivity contribution >= 4 is 42.9 Å². The summed E-state index contributed by atoms with van der Waals surface area (Å²) in [5.41, 5.74) is 1.66. The summed E-state index contributed by atoms with van der Waals surface area (Å²) in [4.78, 5) is 11.3. The number of benzene rings is 1. The number of nitrogens with one attached hydrogen (secondary N) is 3. The van der Waals surface area contributed by atoms with E-state index in [-0.39, 0.29) is 22.2 Å². The van der Waals surface area contributed by atoms with Gasteiger partial charge < -0.3 is 5.32 Å². The van der Waals surface area contributed by atoms with Crippen molar-refractivity contribution in [1.29, 1.82) is 5.26 Å². The van der Waals surface area contributed by atoms with Crippen LogP contribution in [0.1, 0.15) is 24.1 Å². The molecule has 6 rings (SSSR count). The van der Waals surface area contributed by atoms with E-state index in [1.807, 2.05) is 31.2 Å². The SMILES string of the molecule is CNC=O.COc1ccc(C)cc1NCC#Cc1nn2c(NC34CCN(C5(C#N)COC5)CC3C4)cccc2c1[Se]C(F)(F)F. The van der Waals surface area contributed by atoms with Crippen molar-refractivity contribution in [1.82, 2.24) is 19.8 Å². The second kappa shape index (κ2) is 13.2. The maximum absolute atomic E-state index is 13.7. The maximum atomic E-state index is 13.7. The van der Waals surface area contributed by atoms with Gasteiger partial charge in [-0.25, -0.2) is 0 Å². The molecule has 3 aromatic rings. The molecule has 10 nitrogen and oxygen atoms in total. The molecule has 2 saturated heterocycles. The first-order valence-corrected chi connectivity index (χ1v) is 16.1. The van der Waals surface area contributed by atoms with E-state index in [0.717, 1.165) is 37.2 Å². The Morgan fingerprint density at radius 1 is 1.29 bits per heavy atom. The normalized spacial score (nSPS) is 21.4. The molecule has 3 N–H and O–H groups in total. The predicted octanol–water partition coefficient (Wildman–Crippen LogP) is 2.50. The third kappa shape index (κ3) is 7.00. The molecule has 4 heterocycles. The van der Waals surface area contributed by atoms with Gasteiger partial charge in [0, 0.05) is 7.05 Å². The number of aromatic nitrogens is 2. The van der Waals surface area contributed by atoms with Gasteiger partial charge in [0.15, 0.2) is 0 Å². The van der Waals surface area contributed by atoms with Crippen molar-refractivity contribution in [2.45, 2.75) is 35.9 Å². The van der Waals surface area contributed by atoms with Crippen LogP contribution in [0.4, 0.5) is 24.7 Å². The van der Waals surface area contributed by atoms with E-state index in [1.54, 1.807) is 30.8 Å². The molecule has 1 aromatic carbocycles. The second-order valence-electron chi connectivity index (χ2n) is 11.2. The Morgan fingerprint density at radius 3 is 2.69 bits per heavy atom. The van der Waals surface area contributed by atoms with E-state index in [4.69, 9.17) is 14.3 Å². The van der Waals surface area contributed by atoms with Gasteiger partial charge in [-0.15, -0.1) is 0 Å². The van der Waals surface area contributed by atoms with Gasteiger partial charge in [0.1, 0.15) is 0 Å². The van der Waals surface area contributed by atoms with Gasteiger partial charge in [0.2, 0.25) is 6.41 Å². The number of piperidine rings is 1. The predicted molar refractivity (Wildman–Crippen MR) is 165 cm³/mol. The molecule has 1 amide bonds. The van der Waals surface area contributed by atoms with Crippen LogP contribution in [0.15, 0.2) is 36.4 Å². The van der Waals surface area contributed by atoms with Crippen molar-refractivity contribution in [3.8, 4) is 23.7 Å². The molecule has 2 unspecified atom stereocenters. The summed E-state index contributed by atoms with van der Waals surface area (Å²) in [6.07, 6.45) is 2.39. The molecule has 1 aliphatic carbocycles. The molecule has 2 aliphatic heterocycles. The van der Waals surface area contributed by atoms with Crippen LogP contribution in [-0.2, 0) is 9.53 Å². The van der Waals surface area contributed by atoms with Crippen molar-refractivity contribution in [2.24, 2.45) is 5.92 Å². The Balaban J connectivity index is 0.000000945. The van der Waals surface area contributed by atoms with Crippen LogP contribution in [0.25, 0.3) is 5.52 Å². The summed E-state index contributed by atoms with van der Waals surface area (Å²) < 4.78 is 53.4. The first kappa shape index (κ1) is 32.5. The summed E-state index contributed by atoms with van der Waals surface area (Å²) in [6, 6.07) is 13.4. The van der Waals surface area contributed by atoms with Gasteiger partial charge in [0.25, 0.3) is 0 Å². The molecule has 14 heteroatoms. The third-order valence-corrected chi connectivity index (χ3v) is 10.0. The third-order valence-electron chi connectivity index (χ3n) is 8.25. The van der Waals surface area contributed by atoms with Crippen LogP contribution in [-0.4, -0.2) is 99.0 Å². The van der Waals surface area contributed by atoms with Gasteiger partial charge in [-0.3, -0.25) is 4.79 Å². The van der Waals surface area contributed by atoms with Crippen molar-refractivity contribution in [3.63, 3.8) is 0 Å². The van der Waals surface area contributed by atoms with E-state index < -0.39 is 25.6 Å². The zero-order chi connectivity index (χ0) is 32.2. The fourth-order valence-electron chi connectivity index (χ4n) is 5.76. The van der Waals surface area contributed by atoms with E-state index in [2.05, 4.69) is 43.9 Å². The topological polar surface area (TPSA) is 116 Å². The number of anilines is 2. The number of nitriles is 1. The number of hydrogen-bond acceptors (Lipinski definition) is 8. The number of nitrogens with zero attached hydrogens (tertiary/aromatic N) is 4. The number of fused-ring (bicyclic) bond motifs is 2. The van der Waals surface area contributed by atoms with Crippen molar-refractivity contribution in [3.05, 3.63) is 47.7 Å². The molecular formula is C31H34F3N7O3Se. The molecule has 2 aromatic heterocycles. The molecular weight excluding hydrogens is 654 g/mol. The number of hydrogen-bond donors (Lipinski definition) is 3. The Hall–Kier alpha value is -3.94. The van der Waals surface area contributed by atoms with E-state index >= 15 is 0 Å². The summed E-state index contributed by atoms with van der Waals surface area (Å²) in [7, 11) is 3.14. The fraction of sp³-hybridized carbons (Fsp3) is 0.452. The van der Waals surface area contributed by atoms with Crippen molar-refractivity contribution < 1.29 is 27.4 Å². The van der Waals surface area contributed by atoms with E-state index in [1.165, 1.54) is 0 Å². The average Bonchev–Trinajstić information content (AvgIpc) is 3.60. The van der Waals surface area contributed by atoms with Gasteiger partial charge in [-0.1, -0.05) is 0 Å². The van der Waals surface area contributed by atoms with Crippen LogP contribution in [0.3, 0.4) is 0 Å². The summed E-state index contributed by atoms with van der Waals surface area (Å²) in [5, 5.41) is 19.0. The molecule has 45 heavy (non-hydrogen) atoms. The number of pyridine rings is 1. The summed E-state index contributed by atoms with van der Waals surface area (Å²) in [5.74, 6) is 7.49. The van der Waals surface area contributed by atoms with Gasteiger partial charge in [0.05, 0.1) is 0 Å². The van der Waals surface area contributed by atoms with Crippen LogP contribution in [0.5, 0.6) is 5.75 Å². The number of aryl methyl sites for hydroxylation is 1. The molecule has 0 bridgehead atoms. The molecule has 3 aliphatic rings. The van der Waals surface area contributed by atoms with Crippen LogP contribution in [0, 0.1) is 36.0 Å². The first-order chi connectivity index (χ1) is 21.6. The first-order valence-electron chi connectivity index (χ1n) is 14.3. The number of likely N-dealkylation sites (tertiary alicyclic amines) is 1. The summed E-state index contributed by atoms with van der Waals surface area (Å²) >= 11 is -1.81. The summed E-state index contributed by atoms with van der Waals surface area (Å²) in [6.45, 7) is 4.59. The Labute approximate surface area is 265 Å². The van der Waals surface area contributed by atoms with E-state index in [0.29, 0.717) is 42.6 Å². The molecule has 238 valence electrons. The number of halogens is 3. The number of carbonyl (C=O) groups is 1. The molecule has 2 atom stereocenters. The minimum absolute atomic E-state index is 0.120. The molecule has 3 fully saturated rings. The van der Waals surface area contributed by atoms with Gasteiger partial charge >= 0.3 is 243 Å². The van der Waals surface area contributed by atoms with Gasteiger partial charge in [-0.05, 0) is 0 Å². The van der Waals surface area contributed by atoms with Crippen LogP contribution < -0.4 is 25.1 Å². The fourth-order valence-corrected chi connectivity index (χ4v) is 7.18. The average molecular weight is 689 g/mol. The van der Waals surface area contributed by atoms with E-state index in [9.17, 15) is 18.4 Å².